The number of ether oxygens (including phenoxy) is 2. The zero-order chi connectivity index (χ0) is 25.2. The fourth-order valence-corrected chi connectivity index (χ4v) is 4.86. The van der Waals surface area contributed by atoms with Gasteiger partial charge in [-0.15, -0.1) is 11.6 Å². The predicted octanol–water partition coefficient (Wildman–Crippen LogP) is 5.55. The lowest BCUT2D eigenvalue weighted by Gasteiger charge is -2.32. The van der Waals surface area contributed by atoms with Gasteiger partial charge in [-0.25, -0.2) is 0 Å². The molecule has 35 heavy (non-hydrogen) atoms. The zero-order valence-corrected chi connectivity index (χ0v) is 21.9. The molecule has 6 nitrogen and oxygen atoms in total. The van der Waals surface area contributed by atoms with Gasteiger partial charge in [0.1, 0.15) is 11.9 Å². The first-order chi connectivity index (χ1) is 17.0. The number of benzene rings is 2. The molecule has 0 bridgehead atoms. The molecule has 0 heterocycles. The molecular formula is C27H34Cl2N2O4. The number of methoxy groups -OCH3 is 2. The Morgan fingerprint density at radius 2 is 1.66 bits per heavy atom. The normalized spacial score (nSPS) is 15.1. The number of carbonyl (C=O) groups excluding carboxylic acids is 2. The fourth-order valence-electron chi connectivity index (χ4n) is 4.58. The van der Waals surface area contributed by atoms with Gasteiger partial charge in [0.25, 0.3) is 0 Å². The van der Waals surface area contributed by atoms with Crippen molar-refractivity contribution in [3.63, 3.8) is 0 Å². The Balaban J connectivity index is 1.87. The maximum Gasteiger partial charge on any atom is 0.247 e. The third-order valence-corrected chi connectivity index (χ3v) is 6.95. The standard InChI is InChI=1S/C27H34Cl2N2O4/c1-34-23-14-9-19(17-24(23)35-2)15-16-31(25(32)18-28)26(20-10-12-21(29)13-11-20)27(33)30-22-7-5-3-4-6-8-22/h9-14,17,22,26H,3-8,15-16,18H2,1-2H3,(H,30,33). The molecule has 1 unspecified atom stereocenters. The number of nitrogens with zero attached hydrogens (tertiary/aromatic N) is 1. The van der Waals surface area contributed by atoms with Crippen LogP contribution in [0.5, 0.6) is 11.5 Å². The topological polar surface area (TPSA) is 67.9 Å². The first kappa shape index (κ1) is 27.2. The lowest BCUT2D eigenvalue weighted by Crippen LogP contribution is -2.47. The minimum absolute atomic E-state index is 0.110. The zero-order valence-electron chi connectivity index (χ0n) is 20.4. The second kappa shape index (κ2) is 13.6. The van der Waals surface area contributed by atoms with Crippen LogP contribution in [0.3, 0.4) is 0 Å². The molecule has 2 aromatic rings. The SMILES string of the molecule is COc1ccc(CCN(C(=O)CCl)C(C(=O)NC2CCCCCC2)c2ccc(Cl)cc2)cc1OC. The third kappa shape index (κ3) is 7.52. The van der Waals surface area contributed by atoms with E-state index in [2.05, 4.69) is 5.32 Å². The summed E-state index contributed by atoms with van der Waals surface area (Å²) in [5.41, 5.74) is 1.65. The van der Waals surface area contributed by atoms with E-state index in [0.717, 1.165) is 31.2 Å². The smallest absolute Gasteiger partial charge is 0.247 e. The van der Waals surface area contributed by atoms with Crippen molar-refractivity contribution < 1.29 is 19.1 Å². The van der Waals surface area contributed by atoms with Crippen LogP contribution in [0.1, 0.15) is 55.7 Å². The molecule has 8 heteroatoms. The second-order valence-corrected chi connectivity index (χ2v) is 9.51. The predicted molar refractivity (Wildman–Crippen MR) is 140 cm³/mol. The van der Waals surface area contributed by atoms with E-state index in [4.69, 9.17) is 32.7 Å². The molecule has 0 aliphatic heterocycles. The van der Waals surface area contributed by atoms with Crippen molar-refractivity contribution in [2.75, 3.05) is 26.6 Å². The molecule has 1 fully saturated rings. The Hall–Kier alpha value is -2.44. The lowest BCUT2D eigenvalue weighted by atomic mass is 10.0. The van der Waals surface area contributed by atoms with Crippen LogP contribution in [0, 0.1) is 0 Å². The molecular weight excluding hydrogens is 487 g/mol. The summed E-state index contributed by atoms with van der Waals surface area (Å²) in [6.07, 6.45) is 7.00. The van der Waals surface area contributed by atoms with E-state index in [-0.39, 0.29) is 23.7 Å². The summed E-state index contributed by atoms with van der Waals surface area (Å²) in [4.78, 5) is 28.3. The van der Waals surface area contributed by atoms with Crippen LogP contribution in [0.2, 0.25) is 5.02 Å². The highest BCUT2D eigenvalue weighted by Crippen LogP contribution is 2.29. The van der Waals surface area contributed by atoms with Gasteiger partial charge in [-0.3, -0.25) is 9.59 Å². The molecule has 2 aromatic carbocycles. The Bertz CT molecular complexity index is 976. The molecule has 0 aromatic heterocycles. The van der Waals surface area contributed by atoms with Crippen molar-refractivity contribution in [3.05, 3.63) is 58.6 Å². The molecule has 0 spiro atoms. The fraction of sp³-hybridized carbons (Fsp3) is 0.481. The molecule has 1 saturated carbocycles. The summed E-state index contributed by atoms with van der Waals surface area (Å²) in [5.74, 6) is 0.535. The van der Waals surface area contributed by atoms with Crippen LogP contribution in [0.15, 0.2) is 42.5 Å². The van der Waals surface area contributed by atoms with E-state index >= 15 is 0 Å². The van der Waals surface area contributed by atoms with E-state index < -0.39 is 6.04 Å². The van der Waals surface area contributed by atoms with E-state index in [0.29, 0.717) is 35.1 Å². The lowest BCUT2D eigenvalue weighted by molar-refractivity contribution is -0.139. The second-order valence-electron chi connectivity index (χ2n) is 8.81. The van der Waals surface area contributed by atoms with Crippen molar-refractivity contribution in [1.29, 1.82) is 0 Å². The van der Waals surface area contributed by atoms with Gasteiger partial charge in [-0.1, -0.05) is 55.5 Å². The van der Waals surface area contributed by atoms with Gasteiger partial charge in [0.15, 0.2) is 11.5 Å². The van der Waals surface area contributed by atoms with E-state index in [1.165, 1.54) is 12.8 Å². The van der Waals surface area contributed by atoms with Crippen molar-refractivity contribution in [1.82, 2.24) is 10.2 Å². The minimum atomic E-state index is -0.804. The van der Waals surface area contributed by atoms with Crippen molar-refractivity contribution in [2.24, 2.45) is 0 Å². The highest BCUT2D eigenvalue weighted by atomic mass is 35.5. The van der Waals surface area contributed by atoms with Crippen molar-refractivity contribution in [2.45, 2.75) is 57.0 Å². The van der Waals surface area contributed by atoms with Crippen LogP contribution in [-0.2, 0) is 16.0 Å². The van der Waals surface area contributed by atoms with Crippen LogP contribution >= 0.6 is 23.2 Å². The number of halogens is 2. The largest absolute Gasteiger partial charge is 0.493 e. The van der Waals surface area contributed by atoms with Gasteiger partial charge < -0.3 is 19.7 Å². The first-order valence-electron chi connectivity index (χ1n) is 12.1. The number of nitrogens with one attached hydrogen (secondary N) is 1. The quantitative estimate of drug-likeness (QED) is 0.329. The molecule has 1 N–H and O–H groups in total. The molecule has 1 atom stereocenters. The van der Waals surface area contributed by atoms with Crippen LogP contribution in [0.4, 0.5) is 0 Å². The number of hydrogen-bond acceptors (Lipinski definition) is 4. The number of alkyl halides is 1. The minimum Gasteiger partial charge on any atom is -0.493 e. The summed E-state index contributed by atoms with van der Waals surface area (Å²) in [6, 6.07) is 12.0. The Morgan fingerprint density at radius 1 is 1.00 bits per heavy atom. The van der Waals surface area contributed by atoms with Crippen LogP contribution < -0.4 is 14.8 Å². The highest BCUT2D eigenvalue weighted by molar-refractivity contribution is 6.30. The molecule has 3 rings (SSSR count). The number of carbonyl (C=O) groups is 2. The van der Waals surface area contributed by atoms with Gasteiger partial charge in [0.05, 0.1) is 14.2 Å². The molecule has 2 amide bonds. The summed E-state index contributed by atoms with van der Waals surface area (Å²) >= 11 is 12.1. The summed E-state index contributed by atoms with van der Waals surface area (Å²) in [6.45, 7) is 0.312. The average Bonchev–Trinajstić information content (AvgIpc) is 3.15. The van der Waals surface area contributed by atoms with Gasteiger partial charge in [0, 0.05) is 17.6 Å². The van der Waals surface area contributed by atoms with Crippen molar-refractivity contribution in [3.8, 4) is 11.5 Å². The summed E-state index contributed by atoms with van der Waals surface area (Å²) < 4.78 is 10.7. The summed E-state index contributed by atoms with van der Waals surface area (Å²) in [7, 11) is 3.17. The molecule has 0 saturated heterocycles. The van der Waals surface area contributed by atoms with Gasteiger partial charge >= 0.3 is 0 Å². The third-order valence-electron chi connectivity index (χ3n) is 6.47. The Labute approximate surface area is 217 Å². The molecule has 1 aliphatic carbocycles. The Morgan fingerprint density at radius 3 is 2.26 bits per heavy atom. The van der Waals surface area contributed by atoms with E-state index in [1.807, 2.05) is 18.2 Å². The average molecular weight is 521 g/mol. The number of rotatable bonds is 10. The van der Waals surface area contributed by atoms with Gasteiger partial charge in [-0.2, -0.15) is 0 Å². The van der Waals surface area contributed by atoms with E-state index in [9.17, 15) is 9.59 Å². The number of amides is 2. The van der Waals surface area contributed by atoms with Crippen molar-refractivity contribution >= 4 is 35.0 Å². The Kier molecular flexibility index (Phi) is 10.5. The molecule has 190 valence electrons. The van der Waals surface area contributed by atoms with Gasteiger partial charge in [0.2, 0.25) is 11.8 Å². The maximum atomic E-state index is 13.6. The number of hydrogen-bond donors (Lipinski definition) is 1. The first-order valence-corrected chi connectivity index (χ1v) is 13.0. The van der Waals surface area contributed by atoms with Gasteiger partial charge in [-0.05, 0) is 54.7 Å². The molecule has 0 radical (unpaired) electrons. The van der Waals surface area contributed by atoms with Crippen LogP contribution in [0.25, 0.3) is 0 Å². The highest BCUT2D eigenvalue weighted by Gasteiger charge is 2.32. The van der Waals surface area contributed by atoms with E-state index in [1.54, 1.807) is 43.4 Å². The maximum absolute atomic E-state index is 13.6. The summed E-state index contributed by atoms with van der Waals surface area (Å²) in [5, 5.41) is 3.78. The molecule has 1 aliphatic rings. The monoisotopic (exact) mass is 520 g/mol. The van der Waals surface area contributed by atoms with Crippen LogP contribution in [-0.4, -0.2) is 49.4 Å².